The van der Waals surface area contributed by atoms with E-state index in [0.29, 0.717) is 30.8 Å². The van der Waals surface area contributed by atoms with Gasteiger partial charge in [0.25, 0.3) is 0 Å². The molecule has 0 aromatic carbocycles. The summed E-state index contributed by atoms with van der Waals surface area (Å²) in [6.07, 6.45) is 3.94. The maximum absolute atomic E-state index is 11.7. The largest absolute Gasteiger partial charge is 0.468 e. The topological polar surface area (TPSA) is 56.5 Å². The van der Waals surface area contributed by atoms with Crippen LogP contribution in [0.4, 0.5) is 0 Å². The zero-order valence-corrected chi connectivity index (χ0v) is 9.90. The smallest absolute Gasteiger partial charge is 0.306 e. The number of esters is 1. The Balaban J connectivity index is 2.16. The highest BCUT2D eigenvalue weighted by Crippen LogP contribution is 2.33. The Morgan fingerprint density at radius 1 is 1.59 bits per heavy atom. The Kier molecular flexibility index (Phi) is 3.61. The zero-order chi connectivity index (χ0) is 12.3. The Labute approximate surface area is 99.9 Å². The van der Waals surface area contributed by atoms with Gasteiger partial charge in [-0.15, -0.1) is 0 Å². The first-order chi connectivity index (χ1) is 8.22. The van der Waals surface area contributed by atoms with Gasteiger partial charge in [0, 0.05) is 12.3 Å². The van der Waals surface area contributed by atoms with Crippen molar-refractivity contribution >= 4 is 11.8 Å². The van der Waals surface area contributed by atoms with E-state index in [0.717, 1.165) is 12.8 Å². The van der Waals surface area contributed by atoms with Gasteiger partial charge in [0.15, 0.2) is 5.78 Å². The monoisotopic (exact) mass is 236 g/mol. The number of fused-ring (bicyclic) bond motifs is 1. The molecule has 2 rings (SSSR count). The molecule has 1 aromatic rings. The van der Waals surface area contributed by atoms with Gasteiger partial charge in [0.2, 0.25) is 0 Å². The molecule has 1 aliphatic rings. The molecule has 4 heteroatoms. The molecule has 0 spiro atoms. The number of furan rings is 1. The fourth-order valence-electron chi connectivity index (χ4n) is 2.26. The van der Waals surface area contributed by atoms with Crippen LogP contribution >= 0.6 is 0 Å². The molecule has 4 nitrogen and oxygen atoms in total. The molecule has 0 bridgehead atoms. The van der Waals surface area contributed by atoms with Crippen molar-refractivity contribution in [2.45, 2.75) is 38.5 Å². The van der Waals surface area contributed by atoms with E-state index in [2.05, 4.69) is 0 Å². The number of ether oxygens (including phenoxy) is 1. The normalized spacial score (nSPS) is 19.6. The molecule has 0 saturated heterocycles. The summed E-state index contributed by atoms with van der Waals surface area (Å²) in [5.74, 6) is 0.514. The molecule has 0 saturated carbocycles. The molecule has 1 atom stereocenters. The third-order valence-electron chi connectivity index (χ3n) is 3.04. The van der Waals surface area contributed by atoms with E-state index < -0.39 is 0 Å². The summed E-state index contributed by atoms with van der Waals surface area (Å²) in [6, 6.07) is 1.70. The van der Waals surface area contributed by atoms with Crippen LogP contribution in [-0.2, 0) is 9.53 Å². The van der Waals surface area contributed by atoms with Crippen LogP contribution in [0.5, 0.6) is 0 Å². The molecule has 1 unspecified atom stereocenters. The fourth-order valence-corrected chi connectivity index (χ4v) is 2.26. The molecule has 0 N–H and O–H groups in total. The van der Waals surface area contributed by atoms with Crippen molar-refractivity contribution in [3.63, 3.8) is 0 Å². The number of carbonyl (C=O) groups excluding carboxylic acids is 2. The summed E-state index contributed by atoms with van der Waals surface area (Å²) in [5, 5.41) is 0. The molecule has 0 radical (unpaired) electrons. The second-order valence-corrected chi connectivity index (χ2v) is 4.22. The third kappa shape index (κ3) is 2.57. The van der Waals surface area contributed by atoms with Crippen LogP contribution in [0.15, 0.2) is 16.7 Å². The average molecular weight is 236 g/mol. The maximum Gasteiger partial charge on any atom is 0.306 e. The molecule has 1 aromatic heterocycles. The van der Waals surface area contributed by atoms with Crippen molar-refractivity contribution in [1.29, 1.82) is 0 Å². The second-order valence-electron chi connectivity index (χ2n) is 4.22. The van der Waals surface area contributed by atoms with E-state index in [9.17, 15) is 9.59 Å². The number of hydrogen-bond donors (Lipinski definition) is 0. The van der Waals surface area contributed by atoms with Gasteiger partial charge in [-0.1, -0.05) is 0 Å². The molecule has 1 heterocycles. The first-order valence-electron chi connectivity index (χ1n) is 5.98. The highest BCUT2D eigenvalue weighted by molar-refractivity contribution is 5.97. The van der Waals surface area contributed by atoms with E-state index in [4.69, 9.17) is 9.15 Å². The Morgan fingerprint density at radius 3 is 3.18 bits per heavy atom. The van der Waals surface area contributed by atoms with Gasteiger partial charge in [-0.3, -0.25) is 9.59 Å². The van der Waals surface area contributed by atoms with Crippen molar-refractivity contribution in [3.8, 4) is 0 Å². The Morgan fingerprint density at radius 2 is 2.41 bits per heavy atom. The van der Waals surface area contributed by atoms with Crippen LogP contribution < -0.4 is 0 Å². The standard InChI is InChI=1S/C13H16O4/c1-2-16-12(15)8-9-4-3-5-11(14)10-6-7-17-13(9)10/h6-7,9H,2-5,8H2,1H3. The highest BCUT2D eigenvalue weighted by atomic mass is 16.5. The zero-order valence-electron chi connectivity index (χ0n) is 9.90. The van der Waals surface area contributed by atoms with Crippen LogP contribution in [-0.4, -0.2) is 18.4 Å². The third-order valence-corrected chi connectivity index (χ3v) is 3.04. The van der Waals surface area contributed by atoms with Crippen molar-refractivity contribution < 1.29 is 18.7 Å². The Hall–Kier alpha value is -1.58. The van der Waals surface area contributed by atoms with E-state index in [1.54, 1.807) is 13.0 Å². The minimum Gasteiger partial charge on any atom is -0.468 e. The van der Waals surface area contributed by atoms with E-state index in [1.807, 2.05) is 0 Å². The SMILES string of the molecule is CCOC(=O)CC1CCCC(=O)c2ccoc21. The number of ketones is 1. The first-order valence-corrected chi connectivity index (χ1v) is 5.98. The fraction of sp³-hybridized carbons (Fsp3) is 0.538. The highest BCUT2D eigenvalue weighted by Gasteiger charge is 2.28. The van der Waals surface area contributed by atoms with Crippen LogP contribution in [0.1, 0.15) is 54.6 Å². The van der Waals surface area contributed by atoms with Gasteiger partial charge in [-0.05, 0) is 25.8 Å². The molecule has 17 heavy (non-hydrogen) atoms. The van der Waals surface area contributed by atoms with Crippen molar-refractivity contribution in [3.05, 3.63) is 23.7 Å². The maximum atomic E-state index is 11.7. The molecule has 92 valence electrons. The molecule has 0 aliphatic heterocycles. The van der Waals surface area contributed by atoms with E-state index in [1.165, 1.54) is 6.26 Å². The predicted molar refractivity (Wildman–Crippen MR) is 60.9 cm³/mol. The van der Waals surface area contributed by atoms with E-state index >= 15 is 0 Å². The quantitative estimate of drug-likeness (QED) is 0.598. The summed E-state index contributed by atoms with van der Waals surface area (Å²) in [6.45, 7) is 2.17. The summed E-state index contributed by atoms with van der Waals surface area (Å²) >= 11 is 0. The van der Waals surface area contributed by atoms with Gasteiger partial charge in [0.1, 0.15) is 5.76 Å². The van der Waals surface area contributed by atoms with Crippen LogP contribution in [0.25, 0.3) is 0 Å². The number of hydrogen-bond acceptors (Lipinski definition) is 4. The lowest BCUT2D eigenvalue weighted by Crippen LogP contribution is -2.10. The minimum absolute atomic E-state index is 0.0227. The van der Waals surface area contributed by atoms with Gasteiger partial charge >= 0.3 is 5.97 Å². The van der Waals surface area contributed by atoms with Crippen molar-refractivity contribution in [2.24, 2.45) is 0 Å². The molecule has 0 amide bonds. The van der Waals surface area contributed by atoms with Gasteiger partial charge in [-0.2, -0.15) is 0 Å². The molecule has 1 aliphatic carbocycles. The minimum atomic E-state index is -0.228. The average Bonchev–Trinajstić information content (AvgIpc) is 2.72. The summed E-state index contributed by atoms with van der Waals surface area (Å²) < 4.78 is 10.3. The summed E-state index contributed by atoms with van der Waals surface area (Å²) in [4.78, 5) is 23.2. The van der Waals surface area contributed by atoms with Gasteiger partial charge in [0.05, 0.1) is 24.9 Å². The molecular weight excluding hydrogens is 220 g/mol. The van der Waals surface area contributed by atoms with Crippen molar-refractivity contribution in [1.82, 2.24) is 0 Å². The lowest BCUT2D eigenvalue weighted by molar-refractivity contribution is -0.143. The van der Waals surface area contributed by atoms with Crippen LogP contribution in [0, 0.1) is 0 Å². The van der Waals surface area contributed by atoms with Crippen LogP contribution in [0.2, 0.25) is 0 Å². The van der Waals surface area contributed by atoms with Crippen molar-refractivity contribution in [2.75, 3.05) is 6.61 Å². The lowest BCUT2D eigenvalue weighted by atomic mass is 9.97. The Bertz CT molecular complexity index is 419. The summed E-state index contributed by atoms with van der Waals surface area (Å²) in [5.41, 5.74) is 0.636. The second kappa shape index (κ2) is 5.17. The number of rotatable bonds is 3. The lowest BCUT2D eigenvalue weighted by Gasteiger charge is -2.11. The first kappa shape index (κ1) is 11.9. The van der Waals surface area contributed by atoms with Crippen LogP contribution in [0.3, 0.4) is 0 Å². The summed E-state index contributed by atoms with van der Waals surface area (Å²) in [7, 11) is 0. The molecular formula is C13H16O4. The predicted octanol–water partition coefficient (Wildman–Crippen LogP) is 2.68. The number of Topliss-reactive ketones (excluding diaryl/α,β-unsaturated/α-hetero) is 1. The van der Waals surface area contributed by atoms with Gasteiger partial charge < -0.3 is 9.15 Å². The van der Waals surface area contributed by atoms with Gasteiger partial charge in [-0.25, -0.2) is 0 Å². The number of carbonyl (C=O) groups is 2. The van der Waals surface area contributed by atoms with E-state index in [-0.39, 0.29) is 17.7 Å². The molecule has 0 fully saturated rings.